The number of benzene rings is 1. The van der Waals surface area contributed by atoms with Crippen LogP contribution in [0.5, 0.6) is 11.6 Å². The molecule has 3 heterocycles. The molecule has 3 fully saturated rings. The van der Waals surface area contributed by atoms with Crippen LogP contribution >= 0.6 is 0 Å². The van der Waals surface area contributed by atoms with Gasteiger partial charge in [-0.2, -0.15) is 13.2 Å². The molecule has 2 aliphatic heterocycles. The van der Waals surface area contributed by atoms with Gasteiger partial charge in [0.2, 0.25) is 27.7 Å². The highest BCUT2D eigenvalue weighted by atomic mass is 32.2. The van der Waals surface area contributed by atoms with Crippen LogP contribution < -0.4 is 19.5 Å². The number of halogens is 4. The molecule has 6 rings (SSSR count). The van der Waals surface area contributed by atoms with E-state index in [4.69, 9.17) is 14.2 Å². The molecule has 20 heteroatoms. The molecule has 7 atom stereocenters. The molecular formula is C38H47F4N5O10S. The first-order chi connectivity index (χ1) is 27.0. The smallest absolute Gasteiger partial charge is 0.411 e. The standard InChI is InChI=1S/C38H47F4N5O10S/c1-20-9-7-8-10-22-17-37(22,33(50)45-58(53,54)36(5)13-14-36)44-30(48)27-16-24(57-31-26-15-23(39)11-12-25(26)28(55-6)18-43-31)19-46(27)32(49)29(21(2)56-20)47(34(51)52)35(3,4)38(40,41)42/h8,10-12,15,18,20-22,24,27,29H,7,9,13-14,16-17,19H2,1-6H3,(H,44,48)(H,45,50)(H,51,52)/b10-8-/t20-,21+,22-,24-,27+,29+,37-/m1/s1. The summed E-state index contributed by atoms with van der Waals surface area (Å²) < 4.78 is 103. The quantitative estimate of drug-likeness (QED) is 0.252. The van der Waals surface area contributed by atoms with E-state index in [0.717, 1.165) is 11.0 Å². The maximum Gasteiger partial charge on any atom is 0.411 e. The Bertz CT molecular complexity index is 2130. The summed E-state index contributed by atoms with van der Waals surface area (Å²) in [6.45, 7) is 5.07. The molecular weight excluding hydrogens is 795 g/mol. The number of hydrogen-bond donors (Lipinski definition) is 3. The van der Waals surface area contributed by atoms with Crippen LogP contribution in [0.4, 0.5) is 22.4 Å². The Kier molecular flexibility index (Phi) is 11.2. The maximum atomic E-state index is 14.9. The van der Waals surface area contributed by atoms with Crippen LogP contribution in [0.2, 0.25) is 0 Å². The molecule has 1 saturated heterocycles. The van der Waals surface area contributed by atoms with Gasteiger partial charge in [0, 0.05) is 17.7 Å². The van der Waals surface area contributed by atoms with E-state index in [1.54, 1.807) is 19.1 Å². The predicted molar refractivity (Wildman–Crippen MR) is 199 cm³/mol. The lowest BCUT2D eigenvalue weighted by atomic mass is 9.96. The van der Waals surface area contributed by atoms with Crippen LogP contribution in [0.1, 0.15) is 73.1 Å². The Balaban J connectivity index is 1.43. The second-order valence-corrected chi connectivity index (χ2v) is 18.5. The molecule has 318 valence electrons. The van der Waals surface area contributed by atoms with Crippen LogP contribution in [0.25, 0.3) is 10.8 Å². The van der Waals surface area contributed by atoms with E-state index in [1.807, 2.05) is 0 Å². The molecule has 4 amide bonds. The monoisotopic (exact) mass is 841 g/mol. The van der Waals surface area contributed by atoms with Gasteiger partial charge in [-0.15, -0.1) is 0 Å². The fourth-order valence-electron chi connectivity index (χ4n) is 7.65. The number of carboxylic acid groups (broad SMARTS) is 1. The Hall–Kier alpha value is -4.72. The highest BCUT2D eigenvalue weighted by Gasteiger charge is 2.64. The number of fused-ring (bicyclic) bond motifs is 3. The fraction of sp³-hybridized carbons (Fsp3) is 0.605. The number of nitrogens with one attached hydrogen (secondary N) is 2. The number of aromatic nitrogens is 1. The number of amides is 4. The third kappa shape index (κ3) is 7.88. The van der Waals surface area contributed by atoms with Gasteiger partial charge in [0.25, 0.3) is 5.91 Å². The third-order valence-electron chi connectivity index (χ3n) is 11.8. The average Bonchev–Trinajstić information content (AvgIpc) is 4.01. The number of sulfonamides is 1. The molecule has 0 radical (unpaired) electrons. The van der Waals surface area contributed by atoms with Gasteiger partial charge in [-0.3, -0.25) is 24.0 Å². The topological polar surface area (TPSA) is 194 Å². The molecule has 0 bridgehead atoms. The average molecular weight is 842 g/mol. The van der Waals surface area contributed by atoms with E-state index in [2.05, 4.69) is 15.0 Å². The minimum Gasteiger partial charge on any atom is -0.494 e. The van der Waals surface area contributed by atoms with Gasteiger partial charge in [-0.25, -0.2) is 22.6 Å². The lowest BCUT2D eigenvalue weighted by molar-refractivity contribution is -0.225. The van der Waals surface area contributed by atoms with Crippen LogP contribution in [0.3, 0.4) is 0 Å². The molecule has 4 aliphatic rings. The van der Waals surface area contributed by atoms with Gasteiger partial charge >= 0.3 is 12.3 Å². The molecule has 1 aromatic heterocycles. The number of nitrogens with zero attached hydrogens (tertiary/aromatic N) is 3. The Labute approximate surface area is 332 Å². The van der Waals surface area contributed by atoms with Crippen molar-refractivity contribution in [3.8, 4) is 11.6 Å². The summed E-state index contributed by atoms with van der Waals surface area (Å²) in [5.74, 6) is -4.40. The molecule has 2 saturated carbocycles. The summed E-state index contributed by atoms with van der Waals surface area (Å²) in [5, 5.41) is 13.6. The summed E-state index contributed by atoms with van der Waals surface area (Å²) in [5.41, 5.74) is -4.94. The first-order valence-electron chi connectivity index (χ1n) is 18.9. The number of ether oxygens (including phenoxy) is 3. The largest absolute Gasteiger partial charge is 0.494 e. The van der Waals surface area contributed by atoms with Crippen molar-refractivity contribution >= 4 is 44.6 Å². The van der Waals surface area contributed by atoms with Crippen LogP contribution in [0.15, 0.2) is 36.5 Å². The number of rotatable bonds is 8. The number of alkyl halides is 3. The molecule has 3 N–H and O–H groups in total. The van der Waals surface area contributed by atoms with E-state index < -0.39 is 105 Å². The Morgan fingerprint density at radius 2 is 1.84 bits per heavy atom. The molecule has 2 aromatic rings. The Morgan fingerprint density at radius 3 is 2.47 bits per heavy atom. The minimum atomic E-state index is -5.18. The van der Waals surface area contributed by atoms with Crippen molar-refractivity contribution in [2.24, 2.45) is 5.92 Å². The SMILES string of the molecule is COc1cnc(O[C@@H]2C[C@H]3C(=O)N[C@]4(C(=O)NS(=O)(=O)C5(C)CC5)C[C@H]4/C=C\CC[C@@H](C)O[C@@H](C)[C@H](N(C(=O)O)C(C)(C)C(F)(F)F)C(=O)N3C2)c2cc(F)ccc12. The van der Waals surface area contributed by atoms with Crippen molar-refractivity contribution in [3.63, 3.8) is 0 Å². The number of pyridine rings is 1. The van der Waals surface area contributed by atoms with E-state index >= 15 is 0 Å². The number of carbonyl (C=O) groups is 4. The van der Waals surface area contributed by atoms with Gasteiger partial charge in [0.1, 0.15) is 40.8 Å². The fourth-order valence-corrected chi connectivity index (χ4v) is 8.97. The van der Waals surface area contributed by atoms with Crippen molar-refractivity contribution in [2.45, 2.75) is 126 Å². The molecule has 2 aliphatic carbocycles. The van der Waals surface area contributed by atoms with Crippen molar-refractivity contribution in [2.75, 3.05) is 13.7 Å². The molecule has 1 aromatic carbocycles. The molecule has 15 nitrogen and oxygen atoms in total. The number of methoxy groups -OCH3 is 1. The summed E-state index contributed by atoms with van der Waals surface area (Å²) >= 11 is 0. The molecule has 58 heavy (non-hydrogen) atoms. The lowest BCUT2D eigenvalue weighted by Crippen LogP contribution is -2.67. The molecule has 0 unspecified atom stereocenters. The van der Waals surface area contributed by atoms with Crippen molar-refractivity contribution in [1.82, 2.24) is 24.8 Å². The zero-order valence-electron chi connectivity index (χ0n) is 32.8. The third-order valence-corrected chi connectivity index (χ3v) is 13.9. The van der Waals surface area contributed by atoms with Gasteiger partial charge in [0.15, 0.2) is 0 Å². The summed E-state index contributed by atoms with van der Waals surface area (Å²) in [7, 11) is -2.78. The van der Waals surface area contributed by atoms with E-state index in [9.17, 15) is 50.3 Å². The summed E-state index contributed by atoms with van der Waals surface area (Å²) in [6.07, 6.45) is -5.12. The summed E-state index contributed by atoms with van der Waals surface area (Å²) in [6, 6.07) is -0.0268. The maximum absolute atomic E-state index is 14.9. The molecule has 0 spiro atoms. The predicted octanol–water partition coefficient (Wildman–Crippen LogP) is 4.44. The number of carbonyl (C=O) groups excluding carboxylic acids is 3. The minimum absolute atomic E-state index is 0.0144. The zero-order chi connectivity index (χ0) is 42.7. The van der Waals surface area contributed by atoms with Crippen molar-refractivity contribution in [1.29, 1.82) is 0 Å². The van der Waals surface area contributed by atoms with Gasteiger partial charge in [-0.05, 0) is 84.9 Å². The van der Waals surface area contributed by atoms with Crippen molar-refractivity contribution in [3.05, 3.63) is 42.4 Å². The van der Waals surface area contributed by atoms with E-state index in [0.29, 0.717) is 38.5 Å². The summed E-state index contributed by atoms with van der Waals surface area (Å²) in [4.78, 5) is 61.2. The lowest BCUT2D eigenvalue weighted by Gasteiger charge is -2.45. The second-order valence-electron chi connectivity index (χ2n) is 16.3. The second kappa shape index (κ2) is 15.1. The highest BCUT2D eigenvalue weighted by Crippen LogP contribution is 2.48. The number of hydrogen-bond acceptors (Lipinski definition) is 10. The first kappa shape index (κ1) is 42.9. The zero-order valence-corrected chi connectivity index (χ0v) is 33.6. The van der Waals surface area contributed by atoms with Gasteiger partial charge in [-0.1, -0.05) is 12.2 Å². The van der Waals surface area contributed by atoms with E-state index in [-0.39, 0.29) is 41.2 Å². The van der Waals surface area contributed by atoms with Crippen LogP contribution in [-0.2, 0) is 29.1 Å². The van der Waals surface area contributed by atoms with Crippen LogP contribution in [-0.4, -0.2) is 118 Å². The van der Waals surface area contributed by atoms with Gasteiger partial charge in [0.05, 0.1) is 42.2 Å². The Morgan fingerprint density at radius 1 is 1.16 bits per heavy atom. The van der Waals surface area contributed by atoms with E-state index in [1.165, 1.54) is 39.3 Å². The van der Waals surface area contributed by atoms with Gasteiger partial charge < -0.3 is 29.5 Å². The highest BCUT2D eigenvalue weighted by molar-refractivity contribution is 7.91. The first-order valence-corrected chi connectivity index (χ1v) is 20.3. The van der Waals surface area contributed by atoms with Crippen molar-refractivity contribution < 1.29 is 64.5 Å². The normalized spacial score (nSPS) is 29.5. The number of allylic oxidation sites excluding steroid dienone is 1. The van der Waals surface area contributed by atoms with Crippen LogP contribution in [0, 0.1) is 11.7 Å².